The van der Waals surface area contributed by atoms with Crippen LogP contribution in [0.1, 0.15) is 68.8 Å². The molecule has 184 valence electrons. The average Bonchev–Trinajstić information content (AvgIpc) is 3.34. The third-order valence-corrected chi connectivity index (χ3v) is 7.26. The molecule has 36 heavy (non-hydrogen) atoms. The second kappa shape index (κ2) is 9.61. The summed E-state index contributed by atoms with van der Waals surface area (Å²) in [5.41, 5.74) is 5.97. The van der Waals surface area contributed by atoms with Gasteiger partial charge in [0.25, 0.3) is 11.8 Å². The first-order chi connectivity index (χ1) is 17.3. The summed E-state index contributed by atoms with van der Waals surface area (Å²) in [4.78, 5) is 43.3. The molecule has 6 heteroatoms. The van der Waals surface area contributed by atoms with Crippen molar-refractivity contribution in [3.8, 4) is 0 Å². The molecule has 1 N–H and O–H groups in total. The SMILES string of the molecule is Cc1ccc([C@@H](C)NC(=O)c2cccc(CN3C(=O)[C@H]4CCCN4C(=O)c4ccccc43)c2)c(C)c1. The Morgan fingerprint density at radius 2 is 1.83 bits per heavy atom. The fraction of sp³-hybridized carbons (Fsp3) is 0.300. The molecule has 0 radical (unpaired) electrons. The number of rotatable bonds is 5. The minimum absolute atomic E-state index is 0.0656. The lowest BCUT2D eigenvalue weighted by molar-refractivity contribution is -0.122. The van der Waals surface area contributed by atoms with Crippen molar-refractivity contribution in [3.05, 3.63) is 100 Å². The van der Waals surface area contributed by atoms with Crippen molar-refractivity contribution in [1.82, 2.24) is 10.2 Å². The topological polar surface area (TPSA) is 69.7 Å². The zero-order valence-corrected chi connectivity index (χ0v) is 21.0. The second-order valence-electron chi connectivity index (χ2n) is 9.85. The maximum atomic E-state index is 13.6. The summed E-state index contributed by atoms with van der Waals surface area (Å²) in [6.45, 7) is 6.99. The van der Waals surface area contributed by atoms with Gasteiger partial charge in [0.05, 0.1) is 23.8 Å². The van der Waals surface area contributed by atoms with Gasteiger partial charge < -0.3 is 15.1 Å². The molecule has 0 bridgehead atoms. The molecule has 2 aliphatic heterocycles. The number of para-hydroxylation sites is 1. The van der Waals surface area contributed by atoms with E-state index < -0.39 is 6.04 Å². The Bertz CT molecular complexity index is 1350. The molecule has 1 fully saturated rings. The van der Waals surface area contributed by atoms with Crippen LogP contribution < -0.4 is 10.2 Å². The van der Waals surface area contributed by atoms with Gasteiger partial charge in [-0.25, -0.2) is 0 Å². The highest BCUT2D eigenvalue weighted by Gasteiger charge is 2.41. The highest BCUT2D eigenvalue weighted by atomic mass is 16.2. The number of carbonyl (C=O) groups excluding carboxylic acids is 3. The largest absolute Gasteiger partial charge is 0.346 e. The van der Waals surface area contributed by atoms with Gasteiger partial charge in [-0.15, -0.1) is 0 Å². The van der Waals surface area contributed by atoms with Gasteiger partial charge in [-0.05, 0) is 74.6 Å². The van der Waals surface area contributed by atoms with Gasteiger partial charge in [0.15, 0.2) is 0 Å². The van der Waals surface area contributed by atoms with Crippen LogP contribution in [0.2, 0.25) is 0 Å². The van der Waals surface area contributed by atoms with Crippen LogP contribution in [0.3, 0.4) is 0 Å². The first kappa shape index (κ1) is 23.8. The number of benzene rings is 3. The fourth-order valence-corrected chi connectivity index (χ4v) is 5.44. The standard InChI is InChI=1S/C30H31N3O3/c1-19-13-14-24(20(2)16-19)21(3)31-28(34)23-9-6-8-22(17-23)18-33-26-11-5-4-10-25(26)29(35)32-15-7-12-27(32)30(33)36/h4-6,8-11,13-14,16-17,21,27H,7,12,15,18H2,1-3H3,(H,31,34)/t21-,27-/m1/s1. The summed E-state index contributed by atoms with van der Waals surface area (Å²) in [5.74, 6) is -0.314. The Labute approximate surface area is 211 Å². The number of nitrogens with one attached hydrogen (secondary N) is 1. The lowest BCUT2D eigenvalue weighted by atomic mass is 10.00. The lowest BCUT2D eigenvalue weighted by Gasteiger charge is -2.26. The van der Waals surface area contributed by atoms with Crippen molar-refractivity contribution in [2.24, 2.45) is 0 Å². The molecule has 1 saturated heterocycles. The molecule has 0 aromatic heterocycles. The monoisotopic (exact) mass is 481 g/mol. The molecule has 3 amide bonds. The maximum Gasteiger partial charge on any atom is 0.256 e. The van der Waals surface area contributed by atoms with E-state index in [0.29, 0.717) is 36.3 Å². The van der Waals surface area contributed by atoms with Gasteiger partial charge in [0, 0.05) is 12.1 Å². The average molecular weight is 482 g/mol. The molecule has 3 aromatic rings. The van der Waals surface area contributed by atoms with Crippen molar-refractivity contribution in [3.63, 3.8) is 0 Å². The Morgan fingerprint density at radius 3 is 2.64 bits per heavy atom. The van der Waals surface area contributed by atoms with Crippen LogP contribution in [-0.4, -0.2) is 35.2 Å². The van der Waals surface area contributed by atoms with E-state index in [0.717, 1.165) is 23.1 Å². The highest BCUT2D eigenvalue weighted by Crippen LogP contribution is 2.33. The van der Waals surface area contributed by atoms with Crippen LogP contribution >= 0.6 is 0 Å². The zero-order valence-electron chi connectivity index (χ0n) is 21.0. The number of nitrogens with zero attached hydrogens (tertiary/aromatic N) is 2. The van der Waals surface area contributed by atoms with Gasteiger partial charge >= 0.3 is 0 Å². The van der Waals surface area contributed by atoms with E-state index in [1.165, 1.54) is 5.56 Å². The van der Waals surface area contributed by atoms with Crippen molar-refractivity contribution in [2.45, 2.75) is 52.2 Å². The fourth-order valence-electron chi connectivity index (χ4n) is 5.44. The Morgan fingerprint density at radius 1 is 1.03 bits per heavy atom. The van der Waals surface area contributed by atoms with Crippen LogP contribution in [0.25, 0.3) is 0 Å². The van der Waals surface area contributed by atoms with Crippen molar-refractivity contribution >= 4 is 23.4 Å². The van der Waals surface area contributed by atoms with Gasteiger partial charge in [0.2, 0.25) is 5.91 Å². The normalized spacial score (nSPS) is 17.9. The Hall–Kier alpha value is -3.93. The smallest absolute Gasteiger partial charge is 0.256 e. The van der Waals surface area contributed by atoms with Crippen LogP contribution in [-0.2, 0) is 11.3 Å². The summed E-state index contributed by atoms with van der Waals surface area (Å²) in [6.07, 6.45) is 1.50. The van der Waals surface area contributed by atoms with E-state index in [-0.39, 0.29) is 23.8 Å². The first-order valence-corrected chi connectivity index (χ1v) is 12.5. The summed E-state index contributed by atoms with van der Waals surface area (Å²) in [6, 6.07) is 20.3. The molecule has 2 aliphatic rings. The Balaban J connectivity index is 1.39. The number of hydrogen-bond donors (Lipinski definition) is 1. The second-order valence-corrected chi connectivity index (χ2v) is 9.85. The van der Waals surface area contributed by atoms with Crippen LogP contribution in [0.5, 0.6) is 0 Å². The summed E-state index contributed by atoms with van der Waals surface area (Å²) in [7, 11) is 0. The van der Waals surface area contributed by atoms with Crippen LogP contribution in [0.15, 0.2) is 66.7 Å². The van der Waals surface area contributed by atoms with Gasteiger partial charge in [0.1, 0.15) is 6.04 Å². The number of hydrogen-bond acceptors (Lipinski definition) is 3. The third-order valence-electron chi connectivity index (χ3n) is 7.26. The quantitative estimate of drug-likeness (QED) is 0.561. The third kappa shape index (κ3) is 4.39. The van der Waals surface area contributed by atoms with Crippen molar-refractivity contribution < 1.29 is 14.4 Å². The maximum absolute atomic E-state index is 13.6. The summed E-state index contributed by atoms with van der Waals surface area (Å²) < 4.78 is 0. The Kier molecular flexibility index (Phi) is 6.35. The molecular formula is C30H31N3O3. The molecule has 0 saturated carbocycles. The summed E-state index contributed by atoms with van der Waals surface area (Å²) in [5, 5.41) is 3.10. The molecule has 0 spiro atoms. The highest BCUT2D eigenvalue weighted by molar-refractivity contribution is 6.11. The molecule has 2 atom stereocenters. The number of carbonyl (C=O) groups is 3. The molecular weight excluding hydrogens is 450 g/mol. The number of aryl methyl sites for hydroxylation is 2. The molecule has 2 heterocycles. The van der Waals surface area contributed by atoms with Gasteiger partial charge in [-0.1, -0.05) is 48.0 Å². The number of anilines is 1. The number of fused-ring (bicyclic) bond motifs is 2. The zero-order chi connectivity index (χ0) is 25.4. The first-order valence-electron chi connectivity index (χ1n) is 12.5. The molecule has 0 aliphatic carbocycles. The molecule has 3 aromatic carbocycles. The minimum atomic E-state index is -0.435. The minimum Gasteiger partial charge on any atom is -0.346 e. The summed E-state index contributed by atoms with van der Waals surface area (Å²) >= 11 is 0. The van der Waals surface area contributed by atoms with Crippen LogP contribution in [0, 0.1) is 13.8 Å². The molecule has 5 rings (SSSR count). The predicted octanol–water partition coefficient (Wildman–Crippen LogP) is 4.95. The van der Waals surface area contributed by atoms with E-state index >= 15 is 0 Å². The van der Waals surface area contributed by atoms with Gasteiger partial charge in [-0.2, -0.15) is 0 Å². The van der Waals surface area contributed by atoms with Crippen molar-refractivity contribution in [2.75, 3.05) is 11.4 Å². The predicted molar refractivity (Wildman–Crippen MR) is 140 cm³/mol. The number of amides is 3. The van der Waals surface area contributed by atoms with Crippen LogP contribution in [0.4, 0.5) is 5.69 Å². The molecule has 0 unspecified atom stereocenters. The molecule has 6 nitrogen and oxygen atoms in total. The van der Waals surface area contributed by atoms with Gasteiger partial charge in [-0.3, -0.25) is 14.4 Å². The van der Waals surface area contributed by atoms with E-state index in [1.54, 1.807) is 21.9 Å². The lowest BCUT2D eigenvalue weighted by Crippen LogP contribution is -2.44. The van der Waals surface area contributed by atoms with E-state index in [4.69, 9.17) is 0 Å². The van der Waals surface area contributed by atoms with E-state index in [9.17, 15) is 14.4 Å². The van der Waals surface area contributed by atoms with Crippen molar-refractivity contribution in [1.29, 1.82) is 0 Å². The van der Waals surface area contributed by atoms with E-state index in [2.05, 4.69) is 37.4 Å². The van der Waals surface area contributed by atoms with E-state index in [1.807, 2.05) is 43.3 Å².